The number of nitrogens with two attached hydrogens (primary N) is 1. The van der Waals surface area contributed by atoms with E-state index in [-0.39, 0.29) is 5.78 Å². The number of piperazine rings is 1. The summed E-state index contributed by atoms with van der Waals surface area (Å²) in [6.07, 6.45) is 0. The summed E-state index contributed by atoms with van der Waals surface area (Å²) in [6.45, 7) is 4.39. The Balaban J connectivity index is 1.74. The van der Waals surface area contributed by atoms with Gasteiger partial charge in [0, 0.05) is 16.8 Å². The Morgan fingerprint density at radius 3 is 2.05 bits per heavy atom. The van der Waals surface area contributed by atoms with Crippen LogP contribution in [0, 0.1) is 0 Å². The Hall–Kier alpha value is -2.33. The Kier molecular flexibility index (Phi) is 4.39. The average Bonchev–Trinajstić information content (AvgIpc) is 2.62. The highest BCUT2D eigenvalue weighted by molar-refractivity contribution is 6.09. The lowest BCUT2D eigenvalue weighted by atomic mass is 10.0. The van der Waals surface area contributed by atoms with Crippen molar-refractivity contribution in [2.45, 2.75) is 0 Å². The fourth-order valence-corrected chi connectivity index (χ4v) is 2.74. The standard InChI is InChI=1S/C18H20N2O2/c1-22-17-8-4-15(5-9-17)18(21)14-2-6-16(7-3-14)20-12-10-19-11-13-20/h2-9,19H,10-13H2,1H3/p+1. The van der Waals surface area contributed by atoms with Gasteiger partial charge in [0.05, 0.1) is 33.3 Å². The van der Waals surface area contributed by atoms with Crippen molar-refractivity contribution >= 4 is 11.5 Å². The number of anilines is 1. The number of hydrogen-bond donors (Lipinski definition) is 1. The maximum absolute atomic E-state index is 12.5. The molecule has 0 aromatic heterocycles. The summed E-state index contributed by atoms with van der Waals surface area (Å²) in [6, 6.07) is 15.1. The molecule has 1 heterocycles. The fraction of sp³-hybridized carbons (Fsp3) is 0.278. The first-order valence-corrected chi connectivity index (χ1v) is 7.63. The minimum atomic E-state index is 0.0428. The molecule has 2 aromatic rings. The van der Waals surface area contributed by atoms with E-state index < -0.39 is 0 Å². The molecular weight excluding hydrogens is 276 g/mol. The quantitative estimate of drug-likeness (QED) is 0.866. The van der Waals surface area contributed by atoms with Gasteiger partial charge in [0.2, 0.25) is 0 Å². The molecule has 114 valence electrons. The van der Waals surface area contributed by atoms with Crippen molar-refractivity contribution in [3.8, 4) is 5.75 Å². The molecule has 1 aliphatic heterocycles. The van der Waals surface area contributed by atoms with Crippen molar-refractivity contribution in [1.29, 1.82) is 0 Å². The molecule has 2 N–H and O–H groups in total. The Bertz CT molecular complexity index is 629. The van der Waals surface area contributed by atoms with E-state index in [2.05, 4.69) is 10.2 Å². The summed E-state index contributed by atoms with van der Waals surface area (Å²) < 4.78 is 5.12. The second-order valence-electron chi connectivity index (χ2n) is 5.46. The van der Waals surface area contributed by atoms with Crippen LogP contribution in [0.3, 0.4) is 0 Å². The van der Waals surface area contributed by atoms with Crippen LogP contribution in [0.4, 0.5) is 5.69 Å². The summed E-state index contributed by atoms with van der Waals surface area (Å²) in [5.41, 5.74) is 2.60. The molecule has 4 nitrogen and oxygen atoms in total. The Morgan fingerprint density at radius 1 is 0.955 bits per heavy atom. The highest BCUT2D eigenvalue weighted by Crippen LogP contribution is 2.19. The first-order chi connectivity index (χ1) is 10.8. The third-order valence-corrected chi connectivity index (χ3v) is 4.05. The molecule has 1 saturated heterocycles. The average molecular weight is 297 g/mol. The van der Waals surface area contributed by atoms with Crippen LogP contribution in [0.25, 0.3) is 0 Å². The monoisotopic (exact) mass is 297 g/mol. The molecule has 0 spiro atoms. The van der Waals surface area contributed by atoms with Crippen molar-refractivity contribution < 1.29 is 14.8 Å². The van der Waals surface area contributed by atoms with Gasteiger partial charge >= 0.3 is 0 Å². The van der Waals surface area contributed by atoms with E-state index in [4.69, 9.17) is 4.74 Å². The molecule has 0 radical (unpaired) electrons. The molecule has 0 atom stereocenters. The summed E-state index contributed by atoms with van der Waals surface area (Å²) in [5, 5.41) is 2.33. The van der Waals surface area contributed by atoms with E-state index in [0.717, 1.165) is 37.5 Å². The molecule has 1 fully saturated rings. The number of rotatable bonds is 4. The molecular formula is C18H21N2O2+. The number of nitrogens with zero attached hydrogens (tertiary/aromatic N) is 1. The van der Waals surface area contributed by atoms with E-state index in [1.54, 1.807) is 19.2 Å². The Labute approximate surface area is 130 Å². The number of carbonyl (C=O) groups excluding carboxylic acids is 1. The minimum Gasteiger partial charge on any atom is -0.497 e. The van der Waals surface area contributed by atoms with Crippen LogP contribution in [-0.2, 0) is 0 Å². The van der Waals surface area contributed by atoms with Crippen LogP contribution >= 0.6 is 0 Å². The van der Waals surface area contributed by atoms with Gasteiger partial charge in [-0.2, -0.15) is 0 Å². The first kappa shape index (κ1) is 14.6. The first-order valence-electron chi connectivity index (χ1n) is 7.63. The number of methoxy groups -OCH3 is 1. The molecule has 4 heteroatoms. The smallest absolute Gasteiger partial charge is 0.193 e. The summed E-state index contributed by atoms with van der Waals surface area (Å²) in [5.74, 6) is 0.801. The van der Waals surface area contributed by atoms with Crippen molar-refractivity contribution in [2.75, 3.05) is 38.2 Å². The molecule has 22 heavy (non-hydrogen) atoms. The predicted molar refractivity (Wildman–Crippen MR) is 86.7 cm³/mol. The zero-order valence-electron chi connectivity index (χ0n) is 12.8. The third-order valence-electron chi connectivity index (χ3n) is 4.05. The van der Waals surface area contributed by atoms with Gasteiger partial charge in [-0.25, -0.2) is 0 Å². The highest BCUT2D eigenvalue weighted by atomic mass is 16.5. The number of carbonyl (C=O) groups is 1. The van der Waals surface area contributed by atoms with Crippen molar-refractivity contribution in [1.82, 2.24) is 0 Å². The zero-order chi connectivity index (χ0) is 15.4. The minimum absolute atomic E-state index is 0.0428. The molecule has 0 amide bonds. The molecule has 0 unspecified atom stereocenters. The van der Waals surface area contributed by atoms with Gasteiger partial charge in [0.1, 0.15) is 5.75 Å². The maximum atomic E-state index is 12.5. The van der Waals surface area contributed by atoms with Crippen LogP contribution in [0.1, 0.15) is 15.9 Å². The molecule has 0 saturated carbocycles. The van der Waals surface area contributed by atoms with Gasteiger partial charge in [-0.3, -0.25) is 4.79 Å². The van der Waals surface area contributed by atoms with Gasteiger partial charge in [-0.05, 0) is 48.5 Å². The molecule has 2 aromatic carbocycles. The van der Waals surface area contributed by atoms with Crippen molar-refractivity contribution in [3.63, 3.8) is 0 Å². The molecule has 1 aliphatic rings. The van der Waals surface area contributed by atoms with Crippen molar-refractivity contribution in [2.24, 2.45) is 0 Å². The van der Waals surface area contributed by atoms with Gasteiger partial charge in [0.15, 0.2) is 5.78 Å². The largest absolute Gasteiger partial charge is 0.497 e. The van der Waals surface area contributed by atoms with E-state index in [1.165, 1.54) is 5.69 Å². The topological polar surface area (TPSA) is 46.1 Å². The molecule has 0 aliphatic carbocycles. The second kappa shape index (κ2) is 6.62. The normalized spacial score (nSPS) is 14.7. The lowest BCUT2D eigenvalue weighted by molar-refractivity contribution is -0.655. The second-order valence-corrected chi connectivity index (χ2v) is 5.46. The van der Waals surface area contributed by atoms with E-state index in [9.17, 15) is 4.79 Å². The number of benzene rings is 2. The van der Waals surface area contributed by atoms with Crippen LogP contribution in [0.5, 0.6) is 5.75 Å². The SMILES string of the molecule is COc1ccc(C(=O)c2ccc(N3CC[NH2+]CC3)cc2)cc1. The summed E-state index contributed by atoms with van der Waals surface area (Å²) >= 11 is 0. The fourth-order valence-electron chi connectivity index (χ4n) is 2.74. The lowest BCUT2D eigenvalue weighted by Gasteiger charge is -2.27. The number of hydrogen-bond acceptors (Lipinski definition) is 3. The van der Waals surface area contributed by atoms with E-state index >= 15 is 0 Å². The van der Waals surface area contributed by atoms with Crippen LogP contribution in [-0.4, -0.2) is 39.1 Å². The summed E-state index contributed by atoms with van der Waals surface area (Å²) in [4.78, 5) is 14.8. The van der Waals surface area contributed by atoms with Gasteiger partial charge in [-0.1, -0.05) is 0 Å². The van der Waals surface area contributed by atoms with E-state index in [0.29, 0.717) is 5.56 Å². The van der Waals surface area contributed by atoms with Crippen LogP contribution < -0.4 is 15.0 Å². The summed E-state index contributed by atoms with van der Waals surface area (Å²) in [7, 11) is 1.62. The van der Waals surface area contributed by atoms with Crippen molar-refractivity contribution in [3.05, 3.63) is 59.7 Å². The lowest BCUT2D eigenvalue weighted by Crippen LogP contribution is -2.89. The highest BCUT2D eigenvalue weighted by Gasteiger charge is 2.14. The van der Waals surface area contributed by atoms with Crippen LogP contribution in [0.2, 0.25) is 0 Å². The third kappa shape index (κ3) is 3.12. The number of ketones is 1. The number of quaternary nitrogens is 1. The van der Waals surface area contributed by atoms with Gasteiger partial charge in [0.25, 0.3) is 0 Å². The van der Waals surface area contributed by atoms with Gasteiger partial charge in [-0.15, -0.1) is 0 Å². The van der Waals surface area contributed by atoms with E-state index in [1.807, 2.05) is 36.4 Å². The molecule has 3 rings (SSSR count). The maximum Gasteiger partial charge on any atom is 0.193 e. The van der Waals surface area contributed by atoms with Crippen LogP contribution in [0.15, 0.2) is 48.5 Å². The number of ether oxygens (including phenoxy) is 1. The van der Waals surface area contributed by atoms with Gasteiger partial charge < -0.3 is 15.0 Å². The molecule has 0 bridgehead atoms. The predicted octanol–water partition coefficient (Wildman–Crippen LogP) is 1.31. The zero-order valence-corrected chi connectivity index (χ0v) is 12.8. The Morgan fingerprint density at radius 2 is 1.50 bits per heavy atom.